The van der Waals surface area contributed by atoms with Crippen LogP contribution < -0.4 is 10.1 Å². The minimum atomic E-state index is 0.0947. The molecular formula is C13H21ClN2O. The Hall–Kier alpha value is -0.800. The van der Waals surface area contributed by atoms with Gasteiger partial charge in [0.1, 0.15) is 5.75 Å². The quantitative estimate of drug-likeness (QED) is 0.761. The molecule has 96 valence electrons. The van der Waals surface area contributed by atoms with Crippen molar-refractivity contribution in [2.75, 3.05) is 19.7 Å². The number of hydrogen-bond donors (Lipinski definition) is 1. The molecular weight excluding hydrogens is 236 g/mol. The zero-order valence-corrected chi connectivity index (χ0v) is 11.5. The van der Waals surface area contributed by atoms with Crippen LogP contribution >= 0.6 is 11.6 Å². The normalized spacial score (nSPS) is 11.5. The molecule has 1 aromatic heterocycles. The van der Waals surface area contributed by atoms with Crippen LogP contribution in [0.15, 0.2) is 18.5 Å². The summed E-state index contributed by atoms with van der Waals surface area (Å²) < 4.78 is 5.70. The van der Waals surface area contributed by atoms with Gasteiger partial charge in [0.05, 0.1) is 17.8 Å². The van der Waals surface area contributed by atoms with E-state index in [2.05, 4.69) is 31.1 Å². The first kappa shape index (κ1) is 14.3. The summed E-state index contributed by atoms with van der Waals surface area (Å²) in [6.07, 6.45) is 4.43. The van der Waals surface area contributed by atoms with Gasteiger partial charge in [-0.15, -0.1) is 0 Å². The topological polar surface area (TPSA) is 34.1 Å². The van der Waals surface area contributed by atoms with Crippen LogP contribution in [0.1, 0.15) is 27.2 Å². The summed E-state index contributed by atoms with van der Waals surface area (Å²) in [5.74, 6) is 0.723. The lowest BCUT2D eigenvalue weighted by Gasteiger charge is -2.25. The Bertz CT molecular complexity index is 342. The van der Waals surface area contributed by atoms with E-state index in [-0.39, 0.29) is 5.41 Å². The SMILES string of the molecule is CCCNCC(C)(C)COc1cncc(Cl)c1. The van der Waals surface area contributed by atoms with Crippen molar-refractivity contribution in [3.63, 3.8) is 0 Å². The zero-order chi connectivity index (χ0) is 12.7. The molecule has 4 heteroatoms. The molecule has 0 atom stereocenters. The first-order valence-corrected chi connectivity index (χ1v) is 6.35. The molecule has 0 aliphatic heterocycles. The van der Waals surface area contributed by atoms with Gasteiger partial charge in [-0.25, -0.2) is 0 Å². The maximum absolute atomic E-state index is 5.84. The highest BCUT2D eigenvalue weighted by molar-refractivity contribution is 6.30. The molecule has 0 fully saturated rings. The van der Waals surface area contributed by atoms with Gasteiger partial charge < -0.3 is 10.1 Å². The molecule has 0 saturated heterocycles. The minimum Gasteiger partial charge on any atom is -0.491 e. The second-order valence-electron chi connectivity index (χ2n) is 4.97. The lowest BCUT2D eigenvalue weighted by molar-refractivity contribution is 0.176. The van der Waals surface area contributed by atoms with E-state index < -0.39 is 0 Å². The van der Waals surface area contributed by atoms with Crippen molar-refractivity contribution in [3.05, 3.63) is 23.5 Å². The molecule has 0 unspecified atom stereocenters. The van der Waals surface area contributed by atoms with E-state index in [1.807, 2.05) is 0 Å². The van der Waals surface area contributed by atoms with E-state index in [0.29, 0.717) is 11.6 Å². The highest BCUT2D eigenvalue weighted by atomic mass is 35.5. The number of halogens is 1. The average molecular weight is 257 g/mol. The van der Waals surface area contributed by atoms with Gasteiger partial charge in [0, 0.05) is 24.2 Å². The fraction of sp³-hybridized carbons (Fsp3) is 0.615. The Kier molecular flexibility index (Phi) is 5.72. The number of ether oxygens (including phenoxy) is 1. The molecule has 0 bridgehead atoms. The summed E-state index contributed by atoms with van der Waals surface area (Å²) in [6, 6.07) is 1.78. The Labute approximate surface area is 109 Å². The van der Waals surface area contributed by atoms with Gasteiger partial charge in [-0.2, -0.15) is 0 Å². The first-order chi connectivity index (χ1) is 8.03. The monoisotopic (exact) mass is 256 g/mol. The Balaban J connectivity index is 2.38. The average Bonchev–Trinajstić information content (AvgIpc) is 2.27. The van der Waals surface area contributed by atoms with E-state index in [9.17, 15) is 0 Å². The van der Waals surface area contributed by atoms with Crippen molar-refractivity contribution >= 4 is 11.6 Å². The van der Waals surface area contributed by atoms with E-state index in [1.54, 1.807) is 18.5 Å². The van der Waals surface area contributed by atoms with Crippen LogP contribution in [0, 0.1) is 5.41 Å². The fourth-order valence-electron chi connectivity index (χ4n) is 1.40. The molecule has 0 aliphatic carbocycles. The Morgan fingerprint density at radius 3 is 2.82 bits per heavy atom. The molecule has 1 heterocycles. The van der Waals surface area contributed by atoms with Crippen molar-refractivity contribution in [1.29, 1.82) is 0 Å². The third-order valence-electron chi connectivity index (χ3n) is 2.34. The number of pyridine rings is 1. The molecule has 0 radical (unpaired) electrons. The van der Waals surface area contributed by atoms with Gasteiger partial charge in [-0.3, -0.25) is 4.98 Å². The highest BCUT2D eigenvalue weighted by Crippen LogP contribution is 2.19. The number of hydrogen-bond acceptors (Lipinski definition) is 3. The van der Waals surface area contributed by atoms with Gasteiger partial charge in [0.2, 0.25) is 0 Å². The summed E-state index contributed by atoms with van der Waals surface area (Å²) in [4.78, 5) is 3.99. The van der Waals surface area contributed by atoms with E-state index in [4.69, 9.17) is 16.3 Å². The zero-order valence-electron chi connectivity index (χ0n) is 10.8. The van der Waals surface area contributed by atoms with Crippen molar-refractivity contribution < 1.29 is 4.74 Å². The lowest BCUT2D eigenvalue weighted by Crippen LogP contribution is -2.34. The van der Waals surface area contributed by atoms with Gasteiger partial charge in [0.25, 0.3) is 0 Å². The number of nitrogens with zero attached hydrogens (tertiary/aromatic N) is 1. The van der Waals surface area contributed by atoms with Crippen LogP contribution in [0.3, 0.4) is 0 Å². The number of aromatic nitrogens is 1. The summed E-state index contributed by atoms with van der Waals surface area (Å²) in [7, 11) is 0. The van der Waals surface area contributed by atoms with Crippen LogP contribution in [-0.2, 0) is 0 Å². The standard InChI is InChI=1S/C13H21ClN2O/c1-4-5-15-9-13(2,3)10-17-12-6-11(14)7-16-8-12/h6-8,15H,4-5,9-10H2,1-3H3. The maximum atomic E-state index is 5.84. The van der Waals surface area contributed by atoms with Crippen molar-refractivity contribution in [2.24, 2.45) is 5.41 Å². The first-order valence-electron chi connectivity index (χ1n) is 5.97. The number of rotatable bonds is 7. The molecule has 0 aromatic carbocycles. The van der Waals surface area contributed by atoms with Crippen molar-refractivity contribution in [2.45, 2.75) is 27.2 Å². The Morgan fingerprint density at radius 1 is 1.41 bits per heavy atom. The van der Waals surface area contributed by atoms with Crippen LogP contribution in [0.25, 0.3) is 0 Å². The predicted molar refractivity (Wildman–Crippen MR) is 71.7 cm³/mol. The molecule has 3 nitrogen and oxygen atoms in total. The van der Waals surface area contributed by atoms with Gasteiger partial charge in [-0.1, -0.05) is 32.4 Å². The molecule has 0 saturated carbocycles. The highest BCUT2D eigenvalue weighted by Gasteiger charge is 2.18. The molecule has 1 aromatic rings. The maximum Gasteiger partial charge on any atom is 0.139 e. The third kappa shape index (κ3) is 5.89. The van der Waals surface area contributed by atoms with Gasteiger partial charge in [0.15, 0.2) is 0 Å². The minimum absolute atomic E-state index is 0.0947. The predicted octanol–water partition coefficient (Wildman–Crippen LogP) is 3.14. The summed E-state index contributed by atoms with van der Waals surface area (Å²) in [5, 5.41) is 4.00. The second-order valence-corrected chi connectivity index (χ2v) is 5.40. The van der Waals surface area contributed by atoms with Crippen LogP contribution in [0.5, 0.6) is 5.75 Å². The van der Waals surface area contributed by atoms with Crippen molar-refractivity contribution in [1.82, 2.24) is 10.3 Å². The van der Waals surface area contributed by atoms with Crippen LogP contribution in [0.4, 0.5) is 0 Å². The smallest absolute Gasteiger partial charge is 0.139 e. The molecule has 0 aliphatic rings. The Morgan fingerprint density at radius 2 is 2.18 bits per heavy atom. The lowest BCUT2D eigenvalue weighted by atomic mass is 9.95. The summed E-state index contributed by atoms with van der Waals surface area (Å²) >= 11 is 5.84. The van der Waals surface area contributed by atoms with Crippen LogP contribution in [0.2, 0.25) is 5.02 Å². The molecule has 17 heavy (non-hydrogen) atoms. The van der Waals surface area contributed by atoms with Crippen LogP contribution in [-0.4, -0.2) is 24.7 Å². The molecule has 0 amide bonds. The third-order valence-corrected chi connectivity index (χ3v) is 2.55. The number of nitrogens with one attached hydrogen (secondary N) is 1. The van der Waals surface area contributed by atoms with Gasteiger partial charge >= 0.3 is 0 Å². The van der Waals surface area contributed by atoms with E-state index in [0.717, 1.165) is 25.3 Å². The fourth-order valence-corrected chi connectivity index (χ4v) is 1.57. The second kappa shape index (κ2) is 6.82. The van der Waals surface area contributed by atoms with Gasteiger partial charge in [-0.05, 0) is 13.0 Å². The largest absolute Gasteiger partial charge is 0.491 e. The molecule has 1 N–H and O–H groups in total. The van der Waals surface area contributed by atoms with E-state index in [1.165, 1.54) is 0 Å². The molecule has 0 spiro atoms. The molecule has 1 rings (SSSR count). The summed E-state index contributed by atoms with van der Waals surface area (Å²) in [6.45, 7) is 9.14. The van der Waals surface area contributed by atoms with E-state index >= 15 is 0 Å². The summed E-state index contributed by atoms with van der Waals surface area (Å²) in [5.41, 5.74) is 0.0947. The van der Waals surface area contributed by atoms with Crippen molar-refractivity contribution in [3.8, 4) is 5.75 Å².